The zero-order valence-corrected chi connectivity index (χ0v) is 12.4. The number of Topliss-reactive ketones (excluding diaryl/α,β-unsaturated/α-hetero) is 2. The van der Waals surface area contributed by atoms with Gasteiger partial charge < -0.3 is 9.53 Å². The highest BCUT2D eigenvalue weighted by Crippen LogP contribution is 2.12. The predicted molar refractivity (Wildman–Crippen MR) is 73.8 cm³/mol. The number of hydrogen-bond acceptors (Lipinski definition) is 4. The molecule has 0 aromatic rings. The smallest absolute Gasteiger partial charge is 0.316 e. The van der Waals surface area contributed by atoms with E-state index in [9.17, 15) is 14.4 Å². The van der Waals surface area contributed by atoms with E-state index in [2.05, 4.69) is 0 Å². The van der Waals surface area contributed by atoms with Crippen LogP contribution >= 0.6 is 0 Å². The molecule has 0 spiro atoms. The largest absolute Gasteiger partial charge is 0.465 e. The number of hydrogen-bond donors (Lipinski definition) is 0. The van der Waals surface area contributed by atoms with Crippen molar-refractivity contribution in [1.29, 1.82) is 0 Å². The molecule has 1 atom stereocenters. The Morgan fingerprint density at radius 2 is 1.68 bits per heavy atom. The van der Waals surface area contributed by atoms with E-state index >= 15 is 0 Å². The number of rotatable bonds is 11. The van der Waals surface area contributed by atoms with E-state index < -0.39 is 11.9 Å². The highest BCUT2D eigenvalue weighted by Gasteiger charge is 2.23. The summed E-state index contributed by atoms with van der Waals surface area (Å²) in [5.74, 6) is -0.923. The van der Waals surface area contributed by atoms with Crippen LogP contribution in [0.15, 0.2) is 0 Å². The first kappa shape index (κ1) is 17.8. The second-order valence-electron chi connectivity index (χ2n) is 4.99. The van der Waals surface area contributed by atoms with Crippen molar-refractivity contribution in [3.8, 4) is 0 Å². The minimum atomic E-state index is -0.600. The topological polar surface area (TPSA) is 60.4 Å². The summed E-state index contributed by atoms with van der Waals surface area (Å²) in [5, 5.41) is 0. The highest BCUT2D eigenvalue weighted by molar-refractivity contribution is 5.97. The van der Waals surface area contributed by atoms with Gasteiger partial charge in [0.2, 0.25) is 0 Å². The van der Waals surface area contributed by atoms with Gasteiger partial charge in [-0.05, 0) is 39.5 Å². The highest BCUT2D eigenvalue weighted by atomic mass is 16.5. The molecule has 19 heavy (non-hydrogen) atoms. The van der Waals surface area contributed by atoms with Crippen molar-refractivity contribution >= 4 is 17.5 Å². The van der Waals surface area contributed by atoms with E-state index in [4.69, 9.17) is 4.74 Å². The normalized spacial score (nSPS) is 11.9. The van der Waals surface area contributed by atoms with Crippen molar-refractivity contribution < 1.29 is 19.1 Å². The van der Waals surface area contributed by atoms with Crippen LogP contribution in [0.4, 0.5) is 0 Å². The Kier molecular flexibility index (Phi) is 10.0. The van der Waals surface area contributed by atoms with Crippen LogP contribution in [0, 0.1) is 5.92 Å². The Balaban J connectivity index is 3.80. The quantitative estimate of drug-likeness (QED) is 0.329. The Morgan fingerprint density at radius 3 is 2.21 bits per heavy atom. The SMILES string of the molecule is CCCCC(C(C)=O)C(=O)OCCCCCC(C)=O. The molecule has 0 aliphatic carbocycles. The van der Waals surface area contributed by atoms with Gasteiger partial charge in [-0.15, -0.1) is 0 Å². The third kappa shape index (κ3) is 9.40. The van der Waals surface area contributed by atoms with Crippen LogP contribution in [0.25, 0.3) is 0 Å². The minimum Gasteiger partial charge on any atom is -0.465 e. The van der Waals surface area contributed by atoms with Gasteiger partial charge in [0.05, 0.1) is 6.61 Å². The first-order chi connectivity index (χ1) is 8.99. The molecule has 0 heterocycles. The van der Waals surface area contributed by atoms with Gasteiger partial charge in [0.1, 0.15) is 17.5 Å². The Bertz CT molecular complexity index is 297. The molecular formula is C15H26O4. The molecule has 0 aliphatic heterocycles. The lowest BCUT2D eigenvalue weighted by atomic mass is 9.98. The lowest BCUT2D eigenvalue weighted by molar-refractivity contribution is -0.152. The fourth-order valence-electron chi connectivity index (χ4n) is 1.82. The lowest BCUT2D eigenvalue weighted by Gasteiger charge is -2.12. The first-order valence-corrected chi connectivity index (χ1v) is 7.15. The fourth-order valence-corrected chi connectivity index (χ4v) is 1.82. The van der Waals surface area contributed by atoms with Crippen LogP contribution in [0.2, 0.25) is 0 Å². The summed E-state index contributed by atoms with van der Waals surface area (Å²) in [5.41, 5.74) is 0. The average molecular weight is 270 g/mol. The van der Waals surface area contributed by atoms with E-state index in [1.165, 1.54) is 6.92 Å². The lowest BCUT2D eigenvalue weighted by Crippen LogP contribution is -2.24. The number of ketones is 2. The summed E-state index contributed by atoms with van der Waals surface area (Å²) in [7, 11) is 0. The maximum atomic E-state index is 11.7. The van der Waals surface area contributed by atoms with Crippen LogP contribution in [-0.2, 0) is 19.1 Å². The van der Waals surface area contributed by atoms with Crippen LogP contribution in [0.1, 0.15) is 65.7 Å². The molecule has 0 aliphatic rings. The second kappa shape index (κ2) is 10.7. The van der Waals surface area contributed by atoms with Crippen molar-refractivity contribution in [2.24, 2.45) is 5.92 Å². The summed E-state index contributed by atoms with van der Waals surface area (Å²) in [6.07, 6.45) is 5.43. The van der Waals surface area contributed by atoms with Gasteiger partial charge in [0.25, 0.3) is 0 Å². The van der Waals surface area contributed by atoms with E-state index in [-0.39, 0.29) is 11.6 Å². The van der Waals surface area contributed by atoms with E-state index in [1.807, 2.05) is 6.92 Å². The van der Waals surface area contributed by atoms with E-state index in [0.717, 1.165) is 32.1 Å². The number of carbonyl (C=O) groups excluding carboxylic acids is 3. The standard InChI is InChI=1S/C15H26O4/c1-4-5-10-14(13(3)17)15(18)19-11-8-6-7-9-12(2)16/h14H,4-11H2,1-3H3. The minimum absolute atomic E-state index is 0.116. The first-order valence-electron chi connectivity index (χ1n) is 7.15. The fraction of sp³-hybridized carbons (Fsp3) is 0.800. The monoisotopic (exact) mass is 270 g/mol. The van der Waals surface area contributed by atoms with Gasteiger partial charge in [-0.25, -0.2) is 0 Å². The van der Waals surface area contributed by atoms with Gasteiger partial charge in [0, 0.05) is 6.42 Å². The van der Waals surface area contributed by atoms with Crippen LogP contribution in [-0.4, -0.2) is 24.1 Å². The van der Waals surface area contributed by atoms with E-state index in [0.29, 0.717) is 19.4 Å². The summed E-state index contributed by atoms with van der Waals surface area (Å²) in [6.45, 7) is 5.38. The maximum absolute atomic E-state index is 11.7. The summed E-state index contributed by atoms with van der Waals surface area (Å²) in [6, 6.07) is 0. The van der Waals surface area contributed by atoms with Crippen molar-refractivity contribution in [3.05, 3.63) is 0 Å². The molecule has 0 amide bonds. The molecule has 0 radical (unpaired) electrons. The number of unbranched alkanes of at least 4 members (excludes halogenated alkanes) is 3. The zero-order valence-electron chi connectivity index (χ0n) is 12.4. The average Bonchev–Trinajstić information content (AvgIpc) is 2.33. The van der Waals surface area contributed by atoms with Gasteiger partial charge in [-0.3, -0.25) is 9.59 Å². The Morgan fingerprint density at radius 1 is 1.00 bits per heavy atom. The third-order valence-corrected chi connectivity index (χ3v) is 3.04. The van der Waals surface area contributed by atoms with Gasteiger partial charge >= 0.3 is 5.97 Å². The number of esters is 1. The molecule has 0 saturated carbocycles. The molecule has 0 aromatic carbocycles. The van der Waals surface area contributed by atoms with Crippen LogP contribution in [0.3, 0.4) is 0 Å². The van der Waals surface area contributed by atoms with Crippen molar-refractivity contribution in [1.82, 2.24) is 0 Å². The zero-order chi connectivity index (χ0) is 14.7. The summed E-state index contributed by atoms with van der Waals surface area (Å²) in [4.78, 5) is 33.8. The number of ether oxygens (including phenoxy) is 1. The molecule has 0 rings (SSSR count). The molecule has 110 valence electrons. The van der Waals surface area contributed by atoms with Gasteiger partial charge in [-0.1, -0.05) is 19.8 Å². The summed E-state index contributed by atoms with van der Waals surface area (Å²) < 4.78 is 5.12. The molecule has 0 saturated heterocycles. The molecule has 0 N–H and O–H groups in total. The van der Waals surface area contributed by atoms with Crippen molar-refractivity contribution in [3.63, 3.8) is 0 Å². The second-order valence-corrected chi connectivity index (χ2v) is 4.99. The van der Waals surface area contributed by atoms with Crippen molar-refractivity contribution in [2.75, 3.05) is 6.61 Å². The molecule has 4 heteroatoms. The van der Waals surface area contributed by atoms with Gasteiger partial charge in [0.15, 0.2) is 0 Å². The molecule has 0 aromatic heterocycles. The molecule has 0 fully saturated rings. The molecular weight excluding hydrogens is 244 g/mol. The molecule has 4 nitrogen and oxygen atoms in total. The molecule has 0 bridgehead atoms. The van der Waals surface area contributed by atoms with Crippen molar-refractivity contribution in [2.45, 2.75) is 65.7 Å². The summed E-state index contributed by atoms with van der Waals surface area (Å²) >= 11 is 0. The van der Waals surface area contributed by atoms with Crippen LogP contribution in [0.5, 0.6) is 0 Å². The Labute approximate surface area is 115 Å². The maximum Gasteiger partial charge on any atom is 0.316 e. The Hall–Kier alpha value is -1.19. The van der Waals surface area contributed by atoms with Gasteiger partial charge in [-0.2, -0.15) is 0 Å². The third-order valence-electron chi connectivity index (χ3n) is 3.04. The van der Waals surface area contributed by atoms with E-state index in [1.54, 1.807) is 6.92 Å². The predicted octanol–water partition coefficient (Wildman–Crippen LogP) is 3.07. The molecule has 1 unspecified atom stereocenters. The van der Waals surface area contributed by atoms with Crippen LogP contribution < -0.4 is 0 Å². The number of carbonyl (C=O) groups is 3.